The van der Waals surface area contributed by atoms with Crippen LogP contribution in [0.25, 0.3) is 0 Å². The largest absolute Gasteiger partial charge is 0.478 e. The van der Waals surface area contributed by atoms with Crippen LogP contribution >= 0.6 is 0 Å². The Hall–Kier alpha value is -1.89. The Morgan fingerprint density at radius 3 is 2.16 bits per heavy atom. The van der Waals surface area contributed by atoms with Gasteiger partial charge < -0.3 is 15.3 Å². The highest BCUT2D eigenvalue weighted by atomic mass is 16.4. The second-order valence-corrected chi connectivity index (χ2v) is 10.2. The monoisotopic (exact) mass is 449 g/mol. The van der Waals surface area contributed by atoms with E-state index in [9.17, 15) is 19.5 Å². The Kier molecular flexibility index (Phi) is 9.74. The second-order valence-electron chi connectivity index (χ2n) is 10.2. The zero-order valence-electron chi connectivity index (χ0n) is 20.8. The number of nitrogens with zero attached hydrogens (tertiary/aromatic N) is 2. The zero-order valence-corrected chi connectivity index (χ0v) is 20.8. The lowest BCUT2D eigenvalue weighted by Crippen LogP contribution is -2.59. The molecule has 2 aliphatic rings. The predicted molar refractivity (Wildman–Crippen MR) is 126 cm³/mol. The topological polar surface area (TPSA) is 90.0 Å². The van der Waals surface area contributed by atoms with E-state index in [0.717, 1.165) is 51.5 Å². The number of piperidine rings is 1. The summed E-state index contributed by atoms with van der Waals surface area (Å²) in [5, 5.41) is 12.5. The fourth-order valence-electron chi connectivity index (χ4n) is 5.22. The minimum Gasteiger partial charge on any atom is -0.478 e. The molecule has 1 heterocycles. The molecular weight excluding hydrogens is 406 g/mol. The average Bonchev–Trinajstić information content (AvgIpc) is 3.28. The molecular formula is C25H43N3O4. The van der Waals surface area contributed by atoms with Crippen molar-refractivity contribution < 1.29 is 19.5 Å². The Morgan fingerprint density at radius 1 is 1.03 bits per heavy atom. The summed E-state index contributed by atoms with van der Waals surface area (Å²) in [5.41, 5.74) is 0.222. The quantitative estimate of drug-likeness (QED) is 0.526. The van der Waals surface area contributed by atoms with Gasteiger partial charge in [0.25, 0.3) is 0 Å². The Bertz CT molecular complexity index is 697. The molecule has 2 N–H and O–H groups in total. The third-order valence-electron chi connectivity index (χ3n) is 7.18. The molecule has 0 bridgehead atoms. The SMILES string of the molecule is CC(=C[C@H](C(C)C)N(C)C(=O)[C@H](NC(=O)[C@H]1CCCCN1C(C)C)C1CCCC1)C(=O)O. The number of likely N-dealkylation sites (N-methyl/N-ethyl adjacent to an activating group) is 1. The van der Waals surface area contributed by atoms with E-state index in [-0.39, 0.29) is 47.3 Å². The molecule has 3 atom stereocenters. The van der Waals surface area contributed by atoms with Crippen LogP contribution in [0.1, 0.15) is 79.6 Å². The Morgan fingerprint density at radius 2 is 1.62 bits per heavy atom. The molecule has 7 nitrogen and oxygen atoms in total. The molecule has 2 rings (SSSR count). The Labute approximate surface area is 193 Å². The number of carbonyl (C=O) groups excluding carboxylic acids is 2. The van der Waals surface area contributed by atoms with Gasteiger partial charge in [0.1, 0.15) is 6.04 Å². The van der Waals surface area contributed by atoms with Crippen LogP contribution < -0.4 is 5.32 Å². The van der Waals surface area contributed by atoms with Crippen molar-refractivity contribution in [2.24, 2.45) is 11.8 Å². The normalized spacial score (nSPS) is 22.8. The lowest BCUT2D eigenvalue weighted by atomic mass is 9.93. The lowest BCUT2D eigenvalue weighted by molar-refractivity contribution is -0.140. The van der Waals surface area contributed by atoms with Crippen LogP contribution in [0.3, 0.4) is 0 Å². The lowest BCUT2D eigenvalue weighted by Gasteiger charge is -2.39. The summed E-state index contributed by atoms with van der Waals surface area (Å²) in [5.74, 6) is -0.973. The van der Waals surface area contributed by atoms with Crippen LogP contribution in [0, 0.1) is 11.8 Å². The molecule has 182 valence electrons. The summed E-state index contributed by atoms with van der Waals surface area (Å²) in [7, 11) is 1.73. The number of rotatable bonds is 9. The molecule has 2 amide bonds. The van der Waals surface area contributed by atoms with Crippen molar-refractivity contribution in [3.8, 4) is 0 Å². The van der Waals surface area contributed by atoms with Gasteiger partial charge in [-0.3, -0.25) is 14.5 Å². The van der Waals surface area contributed by atoms with Gasteiger partial charge in [0, 0.05) is 18.7 Å². The van der Waals surface area contributed by atoms with Crippen LogP contribution in [-0.4, -0.2) is 70.4 Å². The van der Waals surface area contributed by atoms with E-state index < -0.39 is 12.0 Å². The summed E-state index contributed by atoms with van der Waals surface area (Å²) in [6.45, 7) is 10.6. The number of hydrogen-bond acceptors (Lipinski definition) is 4. The molecule has 0 radical (unpaired) electrons. The number of carboxylic acids is 1. The number of carboxylic acid groups (broad SMARTS) is 1. The fourth-order valence-corrected chi connectivity index (χ4v) is 5.22. The van der Waals surface area contributed by atoms with E-state index in [2.05, 4.69) is 24.1 Å². The summed E-state index contributed by atoms with van der Waals surface area (Å²) in [6, 6.07) is -0.823. The molecule has 32 heavy (non-hydrogen) atoms. The number of amides is 2. The van der Waals surface area contributed by atoms with Gasteiger partial charge in [0.2, 0.25) is 11.8 Å². The molecule has 0 aromatic rings. The van der Waals surface area contributed by atoms with Crippen LogP contribution in [-0.2, 0) is 14.4 Å². The van der Waals surface area contributed by atoms with Crippen molar-refractivity contribution in [2.75, 3.05) is 13.6 Å². The standard InChI is InChI=1S/C25H43N3O4/c1-16(2)21(15-18(5)25(31)32)27(6)24(30)22(19-11-7-8-12-19)26-23(29)20-13-9-10-14-28(20)17(3)4/h15-17,19-22H,7-14H2,1-6H3,(H,26,29)(H,31,32)/t20-,21-,22-/m1/s1. The third kappa shape index (κ3) is 6.56. The molecule has 1 aliphatic heterocycles. The van der Waals surface area contributed by atoms with Crippen molar-refractivity contribution in [1.29, 1.82) is 0 Å². The second kappa shape index (κ2) is 11.8. The summed E-state index contributed by atoms with van der Waals surface area (Å²) >= 11 is 0. The first-order valence-electron chi connectivity index (χ1n) is 12.3. The third-order valence-corrected chi connectivity index (χ3v) is 7.18. The predicted octanol–water partition coefficient (Wildman–Crippen LogP) is 3.44. The van der Waals surface area contributed by atoms with Gasteiger partial charge in [0.15, 0.2) is 0 Å². The van der Waals surface area contributed by atoms with E-state index in [0.29, 0.717) is 0 Å². The maximum atomic E-state index is 13.7. The van der Waals surface area contributed by atoms with E-state index in [4.69, 9.17) is 0 Å². The first-order valence-corrected chi connectivity index (χ1v) is 12.3. The molecule has 0 aromatic carbocycles. The summed E-state index contributed by atoms with van der Waals surface area (Å²) in [6.07, 6.45) is 8.60. The molecule has 0 unspecified atom stereocenters. The maximum Gasteiger partial charge on any atom is 0.331 e. The molecule has 2 fully saturated rings. The van der Waals surface area contributed by atoms with Crippen LogP contribution in [0.15, 0.2) is 11.6 Å². The van der Waals surface area contributed by atoms with Crippen LogP contribution in [0.5, 0.6) is 0 Å². The first kappa shape index (κ1) is 26.4. The van der Waals surface area contributed by atoms with Crippen molar-refractivity contribution in [1.82, 2.24) is 15.1 Å². The maximum absolute atomic E-state index is 13.7. The molecule has 1 saturated heterocycles. The van der Waals surface area contributed by atoms with Crippen LogP contribution in [0.2, 0.25) is 0 Å². The minimum atomic E-state index is -0.983. The summed E-state index contributed by atoms with van der Waals surface area (Å²) < 4.78 is 0. The van der Waals surface area contributed by atoms with Gasteiger partial charge in [-0.15, -0.1) is 0 Å². The highest BCUT2D eigenvalue weighted by Gasteiger charge is 2.39. The van der Waals surface area contributed by atoms with E-state index in [1.165, 1.54) is 0 Å². The number of nitrogens with one attached hydrogen (secondary N) is 1. The highest BCUT2D eigenvalue weighted by molar-refractivity contribution is 5.90. The molecule has 1 aliphatic carbocycles. The van der Waals surface area contributed by atoms with Crippen LogP contribution in [0.4, 0.5) is 0 Å². The molecule has 0 spiro atoms. The minimum absolute atomic E-state index is 0.0459. The zero-order chi connectivity index (χ0) is 24.0. The molecule has 7 heteroatoms. The number of hydrogen-bond donors (Lipinski definition) is 2. The smallest absolute Gasteiger partial charge is 0.331 e. The van der Waals surface area contributed by atoms with Gasteiger partial charge in [-0.25, -0.2) is 4.79 Å². The average molecular weight is 450 g/mol. The first-order chi connectivity index (χ1) is 15.0. The van der Waals surface area contributed by atoms with E-state index in [1.54, 1.807) is 24.9 Å². The van der Waals surface area contributed by atoms with Gasteiger partial charge >= 0.3 is 5.97 Å². The van der Waals surface area contributed by atoms with Crippen molar-refractivity contribution in [2.45, 2.75) is 104 Å². The van der Waals surface area contributed by atoms with E-state index >= 15 is 0 Å². The number of likely N-dealkylation sites (tertiary alicyclic amines) is 1. The van der Waals surface area contributed by atoms with Gasteiger partial charge in [-0.1, -0.05) is 39.2 Å². The van der Waals surface area contributed by atoms with Crippen molar-refractivity contribution in [3.05, 3.63) is 11.6 Å². The molecule has 1 saturated carbocycles. The van der Waals surface area contributed by atoms with Crippen molar-refractivity contribution >= 4 is 17.8 Å². The molecule has 0 aromatic heterocycles. The van der Waals surface area contributed by atoms with Gasteiger partial charge in [-0.2, -0.15) is 0 Å². The van der Waals surface area contributed by atoms with Crippen molar-refractivity contribution in [3.63, 3.8) is 0 Å². The number of aliphatic carboxylic acids is 1. The fraction of sp³-hybridized carbons (Fsp3) is 0.800. The highest BCUT2D eigenvalue weighted by Crippen LogP contribution is 2.30. The Balaban J connectivity index is 2.25. The van der Waals surface area contributed by atoms with Gasteiger partial charge in [0.05, 0.1) is 12.1 Å². The number of carbonyl (C=O) groups is 3. The van der Waals surface area contributed by atoms with E-state index in [1.807, 2.05) is 13.8 Å². The summed E-state index contributed by atoms with van der Waals surface area (Å²) in [4.78, 5) is 42.3. The van der Waals surface area contributed by atoms with Gasteiger partial charge in [-0.05, 0) is 64.8 Å².